The molecule has 0 N–H and O–H groups in total. The molecule has 0 unspecified atom stereocenters. The van der Waals surface area contributed by atoms with Gasteiger partial charge in [0.15, 0.2) is 5.82 Å². The molecule has 0 saturated heterocycles. The van der Waals surface area contributed by atoms with E-state index in [0.717, 1.165) is 30.0 Å². The molecule has 0 bridgehead atoms. The molecule has 1 aromatic heterocycles. The minimum Gasteiger partial charge on any atom is -0.497 e. The Morgan fingerprint density at radius 3 is 2.78 bits per heavy atom. The van der Waals surface area contributed by atoms with Gasteiger partial charge in [-0.3, -0.25) is 0 Å². The molecule has 1 aromatic carbocycles. The first-order valence-electron chi connectivity index (χ1n) is 5.79. The predicted molar refractivity (Wildman–Crippen MR) is 67.8 cm³/mol. The second-order valence-electron chi connectivity index (χ2n) is 3.75. The van der Waals surface area contributed by atoms with Crippen molar-refractivity contribution in [3.8, 4) is 5.75 Å². The molecule has 0 aliphatic rings. The Morgan fingerprint density at radius 2 is 2.11 bits per heavy atom. The molecular weight excluding hydrogens is 230 g/mol. The van der Waals surface area contributed by atoms with Crippen LogP contribution >= 0.6 is 0 Å². The van der Waals surface area contributed by atoms with E-state index in [0.29, 0.717) is 0 Å². The maximum Gasteiger partial charge on any atom is 0.176 e. The molecule has 0 fully saturated rings. The van der Waals surface area contributed by atoms with E-state index in [1.807, 2.05) is 24.3 Å². The van der Waals surface area contributed by atoms with Gasteiger partial charge in [-0.1, -0.05) is 6.92 Å². The van der Waals surface area contributed by atoms with Crippen LogP contribution in [0.2, 0.25) is 0 Å². The number of nitrogens with zero attached hydrogens (tertiary/aromatic N) is 5. The van der Waals surface area contributed by atoms with Gasteiger partial charge in [0.1, 0.15) is 5.75 Å². The number of hydrogen-bond donors (Lipinski definition) is 0. The lowest BCUT2D eigenvalue weighted by molar-refractivity contribution is 0.415. The Kier molecular flexibility index (Phi) is 4.01. The zero-order chi connectivity index (χ0) is 12.8. The lowest BCUT2D eigenvalue weighted by Gasteiger charge is -1.99. The van der Waals surface area contributed by atoms with Crippen LogP contribution in [0, 0.1) is 0 Å². The minimum absolute atomic E-state index is 0.766. The van der Waals surface area contributed by atoms with Gasteiger partial charge in [0.2, 0.25) is 0 Å². The molecule has 94 valence electrons. The van der Waals surface area contributed by atoms with Crippen LogP contribution in [0.5, 0.6) is 5.75 Å². The summed E-state index contributed by atoms with van der Waals surface area (Å²) in [5.41, 5.74) is 0.966. The first-order valence-corrected chi connectivity index (χ1v) is 5.79. The van der Waals surface area contributed by atoms with Crippen molar-refractivity contribution in [3.05, 3.63) is 35.7 Å². The van der Waals surface area contributed by atoms with E-state index in [2.05, 4.69) is 27.6 Å². The summed E-state index contributed by atoms with van der Waals surface area (Å²) in [6.07, 6.45) is 3.51. The van der Waals surface area contributed by atoms with Gasteiger partial charge >= 0.3 is 0 Å². The van der Waals surface area contributed by atoms with E-state index in [-0.39, 0.29) is 0 Å². The van der Waals surface area contributed by atoms with Crippen molar-refractivity contribution in [2.24, 2.45) is 5.10 Å². The van der Waals surface area contributed by atoms with E-state index in [4.69, 9.17) is 4.74 Å². The maximum atomic E-state index is 5.09. The van der Waals surface area contributed by atoms with Gasteiger partial charge in [-0.15, -0.1) is 9.89 Å². The summed E-state index contributed by atoms with van der Waals surface area (Å²) in [5.74, 6) is 1.59. The third kappa shape index (κ3) is 2.91. The summed E-state index contributed by atoms with van der Waals surface area (Å²) in [6.45, 7) is 2.08. The number of hydrogen-bond acceptors (Lipinski definition) is 5. The van der Waals surface area contributed by atoms with Crippen molar-refractivity contribution < 1.29 is 4.74 Å². The SMILES string of the molecule is CCCc1nnnn1/N=C/c1ccc(OC)cc1. The van der Waals surface area contributed by atoms with E-state index in [1.54, 1.807) is 13.3 Å². The lowest BCUT2D eigenvalue weighted by atomic mass is 10.2. The summed E-state index contributed by atoms with van der Waals surface area (Å²) in [6, 6.07) is 7.61. The van der Waals surface area contributed by atoms with Gasteiger partial charge in [0.25, 0.3) is 0 Å². The van der Waals surface area contributed by atoms with Crippen molar-refractivity contribution in [3.63, 3.8) is 0 Å². The van der Waals surface area contributed by atoms with Gasteiger partial charge in [0.05, 0.1) is 13.3 Å². The molecule has 0 radical (unpaired) electrons. The number of rotatable bonds is 5. The molecule has 2 aromatic rings. The Bertz CT molecular complexity index is 518. The third-order valence-corrected chi connectivity index (χ3v) is 2.42. The Labute approximate surface area is 105 Å². The average Bonchev–Trinajstić information content (AvgIpc) is 2.85. The Balaban J connectivity index is 2.11. The first-order chi connectivity index (χ1) is 8.83. The van der Waals surface area contributed by atoms with Gasteiger partial charge in [-0.25, -0.2) is 0 Å². The molecule has 0 spiro atoms. The van der Waals surface area contributed by atoms with Crippen LogP contribution in [-0.4, -0.2) is 33.6 Å². The summed E-state index contributed by atoms with van der Waals surface area (Å²) < 4.78 is 5.09. The Morgan fingerprint density at radius 1 is 1.33 bits per heavy atom. The normalized spacial score (nSPS) is 11.0. The second-order valence-corrected chi connectivity index (χ2v) is 3.75. The fourth-order valence-corrected chi connectivity index (χ4v) is 1.48. The van der Waals surface area contributed by atoms with Crippen LogP contribution < -0.4 is 4.74 Å². The van der Waals surface area contributed by atoms with Crippen LogP contribution in [0.4, 0.5) is 0 Å². The van der Waals surface area contributed by atoms with E-state index >= 15 is 0 Å². The third-order valence-electron chi connectivity index (χ3n) is 2.42. The van der Waals surface area contributed by atoms with Crippen molar-refractivity contribution in [2.45, 2.75) is 19.8 Å². The summed E-state index contributed by atoms with van der Waals surface area (Å²) in [7, 11) is 1.64. The molecule has 6 nitrogen and oxygen atoms in total. The molecule has 0 amide bonds. The highest BCUT2D eigenvalue weighted by Crippen LogP contribution is 2.09. The van der Waals surface area contributed by atoms with E-state index < -0.39 is 0 Å². The summed E-state index contributed by atoms with van der Waals surface area (Å²) in [5, 5.41) is 15.6. The van der Waals surface area contributed by atoms with Crippen molar-refractivity contribution in [1.29, 1.82) is 0 Å². The van der Waals surface area contributed by atoms with Crippen LogP contribution in [-0.2, 0) is 6.42 Å². The van der Waals surface area contributed by atoms with E-state index in [1.165, 1.54) is 4.79 Å². The van der Waals surface area contributed by atoms with Crippen LogP contribution in [0.15, 0.2) is 29.4 Å². The highest BCUT2D eigenvalue weighted by Gasteiger charge is 2.02. The van der Waals surface area contributed by atoms with Crippen LogP contribution in [0.3, 0.4) is 0 Å². The lowest BCUT2D eigenvalue weighted by Crippen LogP contribution is -2.00. The second kappa shape index (κ2) is 5.90. The molecule has 6 heteroatoms. The Hall–Kier alpha value is -2.24. The number of aryl methyl sites for hydroxylation is 1. The van der Waals surface area contributed by atoms with Crippen LogP contribution in [0.1, 0.15) is 24.7 Å². The number of benzene rings is 1. The van der Waals surface area contributed by atoms with Gasteiger partial charge in [-0.05, 0) is 46.7 Å². The maximum absolute atomic E-state index is 5.09. The monoisotopic (exact) mass is 245 g/mol. The van der Waals surface area contributed by atoms with Crippen molar-refractivity contribution >= 4 is 6.21 Å². The fourth-order valence-electron chi connectivity index (χ4n) is 1.48. The quantitative estimate of drug-likeness (QED) is 0.749. The number of ether oxygens (including phenoxy) is 1. The smallest absolute Gasteiger partial charge is 0.176 e. The summed E-state index contributed by atoms with van der Waals surface area (Å²) >= 11 is 0. The first kappa shape index (κ1) is 12.2. The molecule has 18 heavy (non-hydrogen) atoms. The molecule has 0 atom stereocenters. The summed E-state index contributed by atoms with van der Waals surface area (Å²) in [4.78, 5) is 1.45. The zero-order valence-electron chi connectivity index (χ0n) is 10.4. The topological polar surface area (TPSA) is 65.2 Å². The largest absolute Gasteiger partial charge is 0.497 e. The number of aromatic nitrogens is 4. The van der Waals surface area contributed by atoms with Gasteiger partial charge < -0.3 is 4.74 Å². The predicted octanol–water partition coefficient (Wildman–Crippen LogP) is 1.52. The molecule has 0 aliphatic heterocycles. The zero-order valence-corrected chi connectivity index (χ0v) is 10.4. The van der Waals surface area contributed by atoms with Crippen molar-refractivity contribution in [2.75, 3.05) is 7.11 Å². The fraction of sp³-hybridized carbons (Fsp3) is 0.333. The van der Waals surface area contributed by atoms with Gasteiger partial charge in [-0.2, -0.15) is 5.10 Å². The minimum atomic E-state index is 0.766. The number of methoxy groups -OCH3 is 1. The molecule has 1 heterocycles. The van der Waals surface area contributed by atoms with Crippen LogP contribution in [0.25, 0.3) is 0 Å². The molecule has 0 aliphatic carbocycles. The van der Waals surface area contributed by atoms with Crippen molar-refractivity contribution in [1.82, 2.24) is 20.3 Å². The van der Waals surface area contributed by atoms with Gasteiger partial charge in [0, 0.05) is 6.42 Å². The number of tetrazole rings is 1. The highest BCUT2D eigenvalue weighted by molar-refractivity contribution is 5.79. The molecule has 2 rings (SSSR count). The highest BCUT2D eigenvalue weighted by atomic mass is 16.5. The molecular formula is C12H15N5O. The molecule has 0 saturated carbocycles. The standard InChI is InChI=1S/C12H15N5O/c1-3-4-12-14-15-16-17(12)13-9-10-5-7-11(18-2)8-6-10/h5-9H,3-4H2,1-2H3/b13-9+. The van der Waals surface area contributed by atoms with E-state index in [9.17, 15) is 0 Å². The average molecular weight is 245 g/mol.